The van der Waals surface area contributed by atoms with E-state index in [9.17, 15) is 9.90 Å². The highest BCUT2D eigenvalue weighted by Crippen LogP contribution is 2.40. The molecule has 2 aromatic rings. The van der Waals surface area contributed by atoms with Gasteiger partial charge in [-0.1, -0.05) is 23.7 Å². The van der Waals surface area contributed by atoms with Crippen LogP contribution < -0.4 is 10.2 Å². The molecule has 1 amide bonds. The van der Waals surface area contributed by atoms with Gasteiger partial charge in [-0.15, -0.1) is 0 Å². The largest absolute Gasteiger partial charge is 0.481 e. The molecule has 0 spiro atoms. The van der Waals surface area contributed by atoms with Crippen molar-refractivity contribution in [2.45, 2.75) is 31.7 Å². The molecule has 3 aliphatic rings. The van der Waals surface area contributed by atoms with E-state index in [1.54, 1.807) is 25.6 Å². The lowest BCUT2D eigenvalue weighted by Gasteiger charge is -2.26. The molecular weight excluding hydrogens is 476 g/mol. The van der Waals surface area contributed by atoms with Gasteiger partial charge in [0, 0.05) is 61.0 Å². The zero-order valence-electron chi connectivity index (χ0n) is 20.2. The lowest BCUT2D eigenvalue weighted by Crippen LogP contribution is -2.29. The molecule has 2 aromatic carbocycles. The smallest absolute Gasteiger partial charge is 0.257 e. The predicted molar refractivity (Wildman–Crippen MR) is 146 cm³/mol. The second-order valence-electron chi connectivity index (χ2n) is 9.09. The Bertz CT molecular complexity index is 1280. The summed E-state index contributed by atoms with van der Waals surface area (Å²) in [6, 6.07) is 12.5. The quantitative estimate of drug-likeness (QED) is 0.423. The SMILES string of the molecule is COC1=NCCC(C=N/C=C2\C(=O)Nc3cc(Cl)c(-c4ccc(N5CCCC5CCO)cc4)cc32)=C1. The van der Waals surface area contributed by atoms with Gasteiger partial charge < -0.3 is 20.1 Å². The molecule has 3 aliphatic heterocycles. The first kappa shape index (κ1) is 24.3. The molecule has 7 nitrogen and oxygen atoms in total. The summed E-state index contributed by atoms with van der Waals surface area (Å²) >= 11 is 6.63. The van der Waals surface area contributed by atoms with Crippen LogP contribution in [0.15, 0.2) is 64.2 Å². The van der Waals surface area contributed by atoms with Crippen molar-refractivity contribution in [2.24, 2.45) is 9.98 Å². The molecule has 8 heteroatoms. The molecule has 0 bridgehead atoms. The topological polar surface area (TPSA) is 86.5 Å². The highest BCUT2D eigenvalue weighted by Gasteiger charge is 2.27. The average Bonchev–Trinajstić information content (AvgIpc) is 3.47. The molecule has 36 heavy (non-hydrogen) atoms. The predicted octanol–water partition coefficient (Wildman–Crippen LogP) is 5.10. The van der Waals surface area contributed by atoms with Crippen molar-refractivity contribution in [3.05, 3.63) is 64.8 Å². The number of carbonyl (C=O) groups excluding carboxylic acids is 1. The zero-order valence-corrected chi connectivity index (χ0v) is 21.0. The van der Waals surface area contributed by atoms with Gasteiger partial charge in [0.1, 0.15) is 0 Å². The van der Waals surface area contributed by atoms with Crippen LogP contribution in [0.2, 0.25) is 5.02 Å². The number of aliphatic hydroxyl groups is 1. The summed E-state index contributed by atoms with van der Waals surface area (Å²) in [7, 11) is 1.59. The molecule has 1 saturated heterocycles. The van der Waals surface area contributed by atoms with Crippen molar-refractivity contribution in [2.75, 3.05) is 37.0 Å². The number of methoxy groups -OCH3 is 1. The van der Waals surface area contributed by atoms with Gasteiger partial charge in [0.05, 0.1) is 23.4 Å². The maximum atomic E-state index is 12.7. The number of hydrogen-bond acceptors (Lipinski definition) is 6. The Hall–Kier alpha value is -3.42. The Balaban J connectivity index is 1.40. The number of dihydropyridines is 1. The van der Waals surface area contributed by atoms with Crippen LogP contribution >= 0.6 is 11.6 Å². The van der Waals surface area contributed by atoms with Crippen LogP contribution in [-0.2, 0) is 9.53 Å². The van der Waals surface area contributed by atoms with E-state index < -0.39 is 0 Å². The monoisotopic (exact) mass is 504 g/mol. The van der Waals surface area contributed by atoms with Gasteiger partial charge >= 0.3 is 0 Å². The lowest BCUT2D eigenvalue weighted by atomic mass is 9.99. The number of benzene rings is 2. The molecular formula is C28H29ClN4O3. The molecule has 0 aliphatic carbocycles. The van der Waals surface area contributed by atoms with E-state index in [0.717, 1.165) is 60.2 Å². The minimum Gasteiger partial charge on any atom is -0.481 e. The summed E-state index contributed by atoms with van der Waals surface area (Å²) in [5, 5.41) is 12.8. The Morgan fingerprint density at radius 3 is 2.89 bits per heavy atom. The van der Waals surface area contributed by atoms with E-state index >= 15 is 0 Å². The van der Waals surface area contributed by atoms with Gasteiger partial charge in [0.25, 0.3) is 5.91 Å². The highest BCUT2D eigenvalue weighted by molar-refractivity contribution is 6.36. The summed E-state index contributed by atoms with van der Waals surface area (Å²) in [6.07, 6.45) is 8.99. The number of halogens is 1. The maximum absolute atomic E-state index is 12.7. The summed E-state index contributed by atoms with van der Waals surface area (Å²) in [5.74, 6) is 0.379. The number of aliphatic hydroxyl groups excluding tert-OH is 1. The van der Waals surface area contributed by atoms with Crippen LogP contribution in [0.25, 0.3) is 16.7 Å². The molecule has 2 N–H and O–H groups in total. The van der Waals surface area contributed by atoms with Gasteiger partial charge in [-0.3, -0.25) is 14.8 Å². The van der Waals surface area contributed by atoms with Crippen molar-refractivity contribution >= 4 is 46.6 Å². The highest BCUT2D eigenvalue weighted by atomic mass is 35.5. The van der Waals surface area contributed by atoms with Crippen LogP contribution in [0, 0.1) is 0 Å². The van der Waals surface area contributed by atoms with Gasteiger partial charge in [-0.25, -0.2) is 0 Å². The molecule has 5 rings (SSSR count). The standard InChI is InChI=1S/C28H29ClN4O3/c1-36-27-13-18(8-10-31-27)16-30-17-24-23-14-22(25(29)15-26(23)32-28(24)35)19-4-6-21(7-5-19)33-11-2-3-20(33)9-12-34/h4-7,13-17,20,34H,2-3,8-12H2,1H3,(H,32,35)/b24-17-,30-16?. The minimum absolute atomic E-state index is 0.202. The van der Waals surface area contributed by atoms with Crippen molar-refractivity contribution in [3.63, 3.8) is 0 Å². The van der Waals surface area contributed by atoms with E-state index in [2.05, 4.69) is 44.5 Å². The molecule has 1 atom stereocenters. The van der Waals surface area contributed by atoms with Crippen LogP contribution in [-0.4, -0.2) is 56.0 Å². The summed E-state index contributed by atoms with van der Waals surface area (Å²) in [4.78, 5) is 23.7. The lowest BCUT2D eigenvalue weighted by molar-refractivity contribution is -0.110. The second kappa shape index (κ2) is 10.7. The van der Waals surface area contributed by atoms with E-state index in [1.807, 2.05) is 12.1 Å². The fourth-order valence-electron chi connectivity index (χ4n) is 5.02. The molecule has 1 fully saturated rings. The first-order chi connectivity index (χ1) is 17.6. The van der Waals surface area contributed by atoms with Crippen LogP contribution in [0.3, 0.4) is 0 Å². The number of fused-ring (bicyclic) bond motifs is 1. The number of carbonyl (C=O) groups is 1. The first-order valence-electron chi connectivity index (χ1n) is 12.2. The van der Waals surface area contributed by atoms with Crippen LogP contribution in [0.5, 0.6) is 0 Å². The molecule has 186 valence electrons. The second-order valence-corrected chi connectivity index (χ2v) is 9.50. The molecule has 0 radical (unpaired) electrons. The Morgan fingerprint density at radius 1 is 1.28 bits per heavy atom. The van der Waals surface area contributed by atoms with Gasteiger partial charge in [-0.2, -0.15) is 0 Å². The van der Waals surface area contributed by atoms with Crippen molar-refractivity contribution in [1.82, 2.24) is 0 Å². The van der Waals surface area contributed by atoms with Crippen LogP contribution in [0.4, 0.5) is 11.4 Å². The molecule has 0 aromatic heterocycles. The molecule has 0 saturated carbocycles. The minimum atomic E-state index is -0.202. The van der Waals surface area contributed by atoms with E-state index in [0.29, 0.717) is 34.8 Å². The first-order valence-corrected chi connectivity index (χ1v) is 12.6. The normalized spacial score (nSPS) is 20.5. The number of nitrogens with one attached hydrogen (secondary N) is 1. The van der Waals surface area contributed by atoms with E-state index in [1.165, 1.54) is 0 Å². The number of nitrogens with zero attached hydrogens (tertiary/aromatic N) is 3. The zero-order chi connectivity index (χ0) is 25.1. The number of amides is 1. The fourth-order valence-corrected chi connectivity index (χ4v) is 5.30. The van der Waals surface area contributed by atoms with Gasteiger partial charge in [-0.05, 0) is 61.1 Å². The average molecular weight is 505 g/mol. The van der Waals surface area contributed by atoms with E-state index in [4.69, 9.17) is 16.3 Å². The number of anilines is 2. The van der Waals surface area contributed by atoms with Gasteiger partial charge in [0.2, 0.25) is 5.90 Å². The third kappa shape index (κ3) is 4.94. The Kier molecular flexibility index (Phi) is 7.20. The third-order valence-electron chi connectivity index (χ3n) is 6.87. The van der Waals surface area contributed by atoms with E-state index in [-0.39, 0.29) is 12.5 Å². The number of rotatable bonds is 6. The van der Waals surface area contributed by atoms with Crippen molar-refractivity contribution in [3.8, 4) is 11.1 Å². The molecule has 3 heterocycles. The number of hydrogen-bond donors (Lipinski definition) is 2. The van der Waals surface area contributed by atoms with Crippen LogP contribution in [0.1, 0.15) is 31.2 Å². The third-order valence-corrected chi connectivity index (χ3v) is 7.18. The summed E-state index contributed by atoms with van der Waals surface area (Å²) in [5.41, 5.74) is 5.94. The van der Waals surface area contributed by atoms with Gasteiger partial charge in [0.15, 0.2) is 0 Å². The van der Waals surface area contributed by atoms with Crippen molar-refractivity contribution in [1.29, 1.82) is 0 Å². The summed E-state index contributed by atoms with van der Waals surface area (Å²) < 4.78 is 5.19. The summed E-state index contributed by atoms with van der Waals surface area (Å²) in [6.45, 7) is 1.86. The molecule has 1 unspecified atom stereocenters. The maximum Gasteiger partial charge on any atom is 0.257 e. The number of aliphatic imine (C=N–C) groups is 2. The Labute approximate surface area is 215 Å². The van der Waals surface area contributed by atoms with Crippen molar-refractivity contribution < 1.29 is 14.6 Å². The Morgan fingerprint density at radius 2 is 2.11 bits per heavy atom. The fraction of sp³-hybridized carbons (Fsp3) is 0.321. The number of ether oxygens (including phenoxy) is 1.